The molecule has 0 saturated heterocycles. The van der Waals surface area contributed by atoms with Crippen LogP contribution >= 0.6 is 0 Å². The maximum atomic E-state index is 4.84. The zero-order valence-corrected chi connectivity index (χ0v) is 12.7. The number of rotatable bonds is 2. The van der Waals surface area contributed by atoms with Crippen molar-refractivity contribution in [2.75, 3.05) is 0 Å². The maximum Gasteiger partial charge on any atom is 0.0734 e. The molecule has 1 heteroatoms. The van der Waals surface area contributed by atoms with E-state index in [2.05, 4.69) is 75.4 Å². The average molecular weight is 273 g/mol. The number of pyridine rings is 1. The van der Waals surface area contributed by atoms with Gasteiger partial charge in [0.25, 0.3) is 0 Å². The SMILES string of the molecule is Cc1ccc(-c2cc(C)c(-c3ccccc3)nc2C)cc1. The Morgan fingerprint density at radius 1 is 0.714 bits per heavy atom. The molecule has 0 spiro atoms. The van der Waals surface area contributed by atoms with E-state index in [0.717, 1.165) is 11.4 Å². The number of benzene rings is 2. The molecule has 104 valence electrons. The topological polar surface area (TPSA) is 12.9 Å². The highest BCUT2D eigenvalue weighted by Crippen LogP contribution is 2.29. The van der Waals surface area contributed by atoms with Crippen molar-refractivity contribution >= 4 is 0 Å². The van der Waals surface area contributed by atoms with E-state index < -0.39 is 0 Å². The van der Waals surface area contributed by atoms with Gasteiger partial charge in [0.1, 0.15) is 0 Å². The summed E-state index contributed by atoms with van der Waals surface area (Å²) in [6.07, 6.45) is 0. The summed E-state index contributed by atoms with van der Waals surface area (Å²) in [7, 11) is 0. The summed E-state index contributed by atoms with van der Waals surface area (Å²) in [5.41, 5.74) is 8.26. The van der Waals surface area contributed by atoms with Crippen molar-refractivity contribution in [1.29, 1.82) is 0 Å². The van der Waals surface area contributed by atoms with Gasteiger partial charge in [-0.2, -0.15) is 0 Å². The molecule has 0 saturated carbocycles. The Morgan fingerprint density at radius 3 is 2.05 bits per heavy atom. The minimum Gasteiger partial charge on any atom is -0.252 e. The lowest BCUT2D eigenvalue weighted by Crippen LogP contribution is -1.95. The second kappa shape index (κ2) is 5.53. The fraction of sp³-hybridized carbons (Fsp3) is 0.150. The molecule has 0 unspecified atom stereocenters. The van der Waals surface area contributed by atoms with Gasteiger partial charge in [-0.05, 0) is 38.0 Å². The smallest absolute Gasteiger partial charge is 0.0734 e. The van der Waals surface area contributed by atoms with Crippen LogP contribution in [-0.4, -0.2) is 4.98 Å². The number of aromatic nitrogens is 1. The first kappa shape index (κ1) is 13.6. The summed E-state index contributed by atoms with van der Waals surface area (Å²) in [6.45, 7) is 6.33. The van der Waals surface area contributed by atoms with Crippen molar-refractivity contribution in [3.05, 3.63) is 77.5 Å². The van der Waals surface area contributed by atoms with Gasteiger partial charge in [0.05, 0.1) is 5.69 Å². The second-order valence-electron chi connectivity index (χ2n) is 5.52. The van der Waals surface area contributed by atoms with E-state index >= 15 is 0 Å². The molecule has 2 aromatic carbocycles. The van der Waals surface area contributed by atoms with Crippen LogP contribution in [0.5, 0.6) is 0 Å². The Morgan fingerprint density at radius 2 is 1.38 bits per heavy atom. The standard InChI is InChI=1S/C20H19N/c1-14-9-11-17(12-10-14)19-13-15(2)20(21-16(19)3)18-7-5-4-6-8-18/h4-13H,1-3H3. The zero-order valence-electron chi connectivity index (χ0n) is 12.7. The molecule has 0 radical (unpaired) electrons. The lowest BCUT2D eigenvalue weighted by Gasteiger charge is -2.12. The third-order valence-corrected chi connectivity index (χ3v) is 3.81. The molecule has 0 aliphatic carbocycles. The van der Waals surface area contributed by atoms with Crippen LogP contribution in [-0.2, 0) is 0 Å². The quantitative estimate of drug-likeness (QED) is 0.614. The van der Waals surface area contributed by atoms with Gasteiger partial charge in [-0.1, -0.05) is 60.2 Å². The first-order valence-corrected chi connectivity index (χ1v) is 7.26. The van der Waals surface area contributed by atoms with Gasteiger partial charge in [0, 0.05) is 16.8 Å². The fourth-order valence-corrected chi connectivity index (χ4v) is 2.62. The Bertz CT molecular complexity index is 756. The highest BCUT2D eigenvalue weighted by Gasteiger charge is 2.09. The second-order valence-corrected chi connectivity index (χ2v) is 5.52. The van der Waals surface area contributed by atoms with Crippen molar-refractivity contribution in [2.24, 2.45) is 0 Å². The molecule has 0 atom stereocenters. The van der Waals surface area contributed by atoms with Crippen LogP contribution in [0.3, 0.4) is 0 Å². The number of nitrogens with zero attached hydrogens (tertiary/aromatic N) is 1. The molecule has 1 aromatic heterocycles. The van der Waals surface area contributed by atoms with E-state index in [0.29, 0.717) is 0 Å². The minimum atomic E-state index is 1.07. The molecular formula is C20H19N. The molecule has 1 nitrogen and oxygen atoms in total. The van der Waals surface area contributed by atoms with E-state index in [9.17, 15) is 0 Å². The van der Waals surface area contributed by atoms with Crippen LogP contribution in [0, 0.1) is 20.8 Å². The summed E-state index contributed by atoms with van der Waals surface area (Å²) in [5, 5.41) is 0. The van der Waals surface area contributed by atoms with Crippen LogP contribution in [0.1, 0.15) is 16.8 Å². The summed E-state index contributed by atoms with van der Waals surface area (Å²) < 4.78 is 0. The Hall–Kier alpha value is -2.41. The van der Waals surface area contributed by atoms with Crippen molar-refractivity contribution in [3.63, 3.8) is 0 Å². The average Bonchev–Trinajstić information content (AvgIpc) is 2.51. The molecule has 0 fully saturated rings. The van der Waals surface area contributed by atoms with E-state index in [-0.39, 0.29) is 0 Å². The van der Waals surface area contributed by atoms with E-state index in [4.69, 9.17) is 4.98 Å². The third kappa shape index (κ3) is 2.73. The molecule has 3 aromatic rings. The maximum absolute atomic E-state index is 4.84. The van der Waals surface area contributed by atoms with E-state index in [1.165, 1.54) is 27.8 Å². The monoisotopic (exact) mass is 273 g/mol. The van der Waals surface area contributed by atoms with E-state index in [1.807, 2.05) is 6.07 Å². The fourth-order valence-electron chi connectivity index (χ4n) is 2.62. The molecule has 0 amide bonds. The summed E-state index contributed by atoms with van der Waals surface area (Å²) in [4.78, 5) is 4.84. The first-order valence-electron chi connectivity index (χ1n) is 7.26. The van der Waals surface area contributed by atoms with E-state index in [1.54, 1.807) is 0 Å². The Labute approximate surface area is 126 Å². The zero-order chi connectivity index (χ0) is 14.8. The molecule has 0 aliphatic rings. The Kier molecular flexibility index (Phi) is 3.57. The molecule has 3 rings (SSSR count). The predicted molar refractivity (Wildman–Crippen MR) is 89.3 cm³/mol. The van der Waals surface area contributed by atoms with Crippen LogP contribution in [0.4, 0.5) is 0 Å². The largest absolute Gasteiger partial charge is 0.252 e. The summed E-state index contributed by atoms with van der Waals surface area (Å²) in [6, 6.07) is 21.2. The highest BCUT2D eigenvalue weighted by atomic mass is 14.7. The predicted octanol–water partition coefficient (Wildman–Crippen LogP) is 5.34. The third-order valence-electron chi connectivity index (χ3n) is 3.81. The van der Waals surface area contributed by atoms with Gasteiger partial charge in [0.2, 0.25) is 0 Å². The van der Waals surface area contributed by atoms with Crippen molar-refractivity contribution in [2.45, 2.75) is 20.8 Å². The minimum absolute atomic E-state index is 1.07. The van der Waals surface area contributed by atoms with Crippen molar-refractivity contribution in [1.82, 2.24) is 4.98 Å². The molecule has 0 bridgehead atoms. The van der Waals surface area contributed by atoms with Crippen molar-refractivity contribution in [3.8, 4) is 22.4 Å². The molecule has 0 aliphatic heterocycles. The van der Waals surface area contributed by atoms with Gasteiger partial charge in [-0.15, -0.1) is 0 Å². The molecule has 1 heterocycles. The summed E-state index contributed by atoms with van der Waals surface area (Å²) >= 11 is 0. The molecule has 21 heavy (non-hydrogen) atoms. The van der Waals surface area contributed by atoms with Crippen LogP contribution in [0.15, 0.2) is 60.7 Å². The first-order chi connectivity index (χ1) is 10.1. The van der Waals surface area contributed by atoms with Crippen LogP contribution in [0.25, 0.3) is 22.4 Å². The van der Waals surface area contributed by atoms with Gasteiger partial charge in [0.15, 0.2) is 0 Å². The van der Waals surface area contributed by atoms with Gasteiger partial charge in [-0.25, -0.2) is 0 Å². The molecular weight excluding hydrogens is 254 g/mol. The van der Waals surface area contributed by atoms with Gasteiger partial charge >= 0.3 is 0 Å². The highest BCUT2D eigenvalue weighted by molar-refractivity contribution is 5.72. The normalized spacial score (nSPS) is 10.6. The van der Waals surface area contributed by atoms with Gasteiger partial charge in [-0.3, -0.25) is 4.98 Å². The van der Waals surface area contributed by atoms with Gasteiger partial charge < -0.3 is 0 Å². The van der Waals surface area contributed by atoms with Crippen LogP contribution in [0.2, 0.25) is 0 Å². The number of aryl methyl sites for hydroxylation is 3. The number of hydrogen-bond acceptors (Lipinski definition) is 1. The molecule has 0 N–H and O–H groups in total. The van der Waals surface area contributed by atoms with Crippen LogP contribution < -0.4 is 0 Å². The lowest BCUT2D eigenvalue weighted by atomic mass is 9.98. The number of hydrogen-bond donors (Lipinski definition) is 0. The van der Waals surface area contributed by atoms with Crippen molar-refractivity contribution < 1.29 is 0 Å². The summed E-state index contributed by atoms with van der Waals surface area (Å²) in [5.74, 6) is 0. The lowest BCUT2D eigenvalue weighted by molar-refractivity contribution is 1.18. The Balaban J connectivity index is 2.10.